The molecule has 0 fully saturated rings. The fourth-order valence-electron chi connectivity index (χ4n) is 2.67. The van der Waals surface area contributed by atoms with Gasteiger partial charge in [-0.2, -0.15) is 0 Å². The van der Waals surface area contributed by atoms with Crippen molar-refractivity contribution in [2.24, 2.45) is 5.73 Å². The van der Waals surface area contributed by atoms with Crippen molar-refractivity contribution in [2.45, 2.75) is 58.2 Å². The average molecular weight is 232 g/mol. The van der Waals surface area contributed by atoms with E-state index in [0.29, 0.717) is 18.1 Å². The molecule has 0 saturated heterocycles. The Hall–Kier alpha value is -0.860. The molecule has 0 saturated carbocycles. The highest BCUT2D eigenvalue weighted by atomic mass is 14.9. The SMILES string of the molecule is CC(C)NC(C)c1ccc2c(c1)CCC(N)C2. The Morgan fingerprint density at radius 2 is 2.00 bits per heavy atom. The van der Waals surface area contributed by atoms with Crippen LogP contribution in [0.3, 0.4) is 0 Å². The maximum atomic E-state index is 6.00. The standard InChI is InChI=1S/C15H24N2/c1-10(2)17-11(3)12-4-5-14-9-15(16)7-6-13(14)8-12/h4-5,8,10-11,15,17H,6-7,9,16H2,1-3H3. The van der Waals surface area contributed by atoms with Gasteiger partial charge in [-0.15, -0.1) is 0 Å². The Labute approximate surface area is 105 Å². The van der Waals surface area contributed by atoms with E-state index in [1.807, 2.05) is 0 Å². The molecule has 2 atom stereocenters. The van der Waals surface area contributed by atoms with Crippen LogP contribution in [0.15, 0.2) is 18.2 Å². The molecule has 17 heavy (non-hydrogen) atoms. The average Bonchev–Trinajstić information content (AvgIpc) is 2.27. The zero-order valence-electron chi connectivity index (χ0n) is 11.2. The predicted molar refractivity (Wildman–Crippen MR) is 73.1 cm³/mol. The number of fused-ring (bicyclic) bond motifs is 1. The summed E-state index contributed by atoms with van der Waals surface area (Å²) in [5.41, 5.74) is 10.3. The lowest BCUT2D eigenvalue weighted by atomic mass is 9.87. The van der Waals surface area contributed by atoms with Crippen molar-refractivity contribution in [1.29, 1.82) is 0 Å². The normalized spacial score (nSPS) is 21.4. The maximum absolute atomic E-state index is 6.00. The summed E-state index contributed by atoms with van der Waals surface area (Å²) in [4.78, 5) is 0. The minimum absolute atomic E-state index is 0.361. The van der Waals surface area contributed by atoms with E-state index in [1.54, 1.807) is 0 Å². The second kappa shape index (κ2) is 5.19. The Bertz CT molecular complexity index is 385. The first kappa shape index (κ1) is 12.6. The van der Waals surface area contributed by atoms with Crippen LogP contribution in [0.25, 0.3) is 0 Å². The number of rotatable bonds is 3. The van der Waals surface area contributed by atoms with Gasteiger partial charge >= 0.3 is 0 Å². The molecule has 2 nitrogen and oxygen atoms in total. The van der Waals surface area contributed by atoms with Gasteiger partial charge in [-0.25, -0.2) is 0 Å². The minimum atomic E-state index is 0.361. The molecule has 94 valence electrons. The van der Waals surface area contributed by atoms with E-state index in [2.05, 4.69) is 44.3 Å². The fraction of sp³-hybridized carbons (Fsp3) is 0.600. The van der Waals surface area contributed by atoms with E-state index in [1.165, 1.54) is 16.7 Å². The van der Waals surface area contributed by atoms with Gasteiger partial charge in [-0.1, -0.05) is 32.0 Å². The Morgan fingerprint density at radius 3 is 2.71 bits per heavy atom. The van der Waals surface area contributed by atoms with E-state index < -0.39 is 0 Å². The summed E-state index contributed by atoms with van der Waals surface area (Å²) < 4.78 is 0. The van der Waals surface area contributed by atoms with Crippen LogP contribution in [-0.2, 0) is 12.8 Å². The van der Waals surface area contributed by atoms with Gasteiger partial charge in [0.05, 0.1) is 0 Å². The number of benzene rings is 1. The second-order valence-corrected chi connectivity index (χ2v) is 5.57. The number of aryl methyl sites for hydroxylation is 1. The van der Waals surface area contributed by atoms with Crippen LogP contribution < -0.4 is 11.1 Å². The highest BCUT2D eigenvalue weighted by Gasteiger charge is 2.16. The van der Waals surface area contributed by atoms with Gasteiger partial charge in [-0.3, -0.25) is 0 Å². The van der Waals surface area contributed by atoms with E-state index in [4.69, 9.17) is 5.73 Å². The van der Waals surface area contributed by atoms with Crippen LogP contribution in [0.1, 0.15) is 49.9 Å². The molecule has 1 aliphatic rings. The lowest BCUT2D eigenvalue weighted by Gasteiger charge is -2.24. The van der Waals surface area contributed by atoms with Crippen LogP contribution in [0, 0.1) is 0 Å². The Kier molecular flexibility index (Phi) is 3.85. The third-order valence-electron chi connectivity index (χ3n) is 3.58. The summed E-state index contributed by atoms with van der Waals surface area (Å²) in [6.45, 7) is 6.61. The fourth-order valence-corrected chi connectivity index (χ4v) is 2.67. The number of nitrogens with one attached hydrogen (secondary N) is 1. The lowest BCUT2D eigenvalue weighted by Crippen LogP contribution is -2.29. The molecular weight excluding hydrogens is 208 g/mol. The van der Waals surface area contributed by atoms with E-state index >= 15 is 0 Å². The Morgan fingerprint density at radius 1 is 1.24 bits per heavy atom. The molecule has 2 rings (SSSR count). The molecule has 1 aromatic rings. The van der Waals surface area contributed by atoms with Gasteiger partial charge < -0.3 is 11.1 Å². The number of nitrogens with two attached hydrogens (primary N) is 1. The van der Waals surface area contributed by atoms with Crippen molar-refractivity contribution < 1.29 is 0 Å². The highest BCUT2D eigenvalue weighted by molar-refractivity contribution is 5.35. The van der Waals surface area contributed by atoms with Crippen LogP contribution in [-0.4, -0.2) is 12.1 Å². The van der Waals surface area contributed by atoms with E-state index in [9.17, 15) is 0 Å². The van der Waals surface area contributed by atoms with Crippen LogP contribution >= 0.6 is 0 Å². The molecule has 0 heterocycles. The van der Waals surface area contributed by atoms with Gasteiger partial charge in [-0.05, 0) is 42.9 Å². The van der Waals surface area contributed by atoms with Gasteiger partial charge in [0.25, 0.3) is 0 Å². The van der Waals surface area contributed by atoms with Gasteiger partial charge in [0.1, 0.15) is 0 Å². The van der Waals surface area contributed by atoms with Crippen molar-refractivity contribution in [3.63, 3.8) is 0 Å². The molecule has 0 radical (unpaired) electrons. The maximum Gasteiger partial charge on any atom is 0.0294 e. The summed E-state index contributed by atoms with van der Waals surface area (Å²) in [6, 6.07) is 8.19. The molecular formula is C15H24N2. The molecule has 3 N–H and O–H groups in total. The van der Waals surface area contributed by atoms with Crippen LogP contribution in [0.4, 0.5) is 0 Å². The first-order chi connectivity index (χ1) is 8.06. The third kappa shape index (κ3) is 3.08. The summed E-state index contributed by atoms with van der Waals surface area (Å²) in [7, 11) is 0. The van der Waals surface area contributed by atoms with Gasteiger partial charge in [0, 0.05) is 18.1 Å². The van der Waals surface area contributed by atoms with Gasteiger partial charge in [0.2, 0.25) is 0 Å². The van der Waals surface area contributed by atoms with Crippen LogP contribution in [0.2, 0.25) is 0 Å². The van der Waals surface area contributed by atoms with Crippen molar-refractivity contribution in [1.82, 2.24) is 5.32 Å². The molecule has 0 amide bonds. The summed E-state index contributed by atoms with van der Waals surface area (Å²) >= 11 is 0. The quantitative estimate of drug-likeness (QED) is 0.840. The monoisotopic (exact) mass is 232 g/mol. The minimum Gasteiger partial charge on any atom is -0.327 e. The zero-order chi connectivity index (χ0) is 12.4. The highest BCUT2D eigenvalue weighted by Crippen LogP contribution is 2.24. The van der Waals surface area contributed by atoms with Crippen molar-refractivity contribution >= 4 is 0 Å². The molecule has 2 heteroatoms. The summed E-state index contributed by atoms with van der Waals surface area (Å²) in [5, 5.41) is 3.55. The Balaban J connectivity index is 2.16. The largest absolute Gasteiger partial charge is 0.327 e. The van der Waals surface area contributed by atoms with Crippen molar-refractivity contribution in [2.75, 3.05) is 0 Å². The number of hydrogen-bond acceptors (Lipinski definition) is 2. The molecule has 1 aromatic carbocycles. The zero-order valence-corrected chi connectivity index (χ0v) is 11.2. The molecule has 0 aromatic heterocycles. The molecule has 0 bridgehead atoms. The van der Waals surface area contributed by atoms with Gasteiger partial charge in [0.15, 0.2) is 0 Å². The number of hydrogen-bond donors (Lipinski definition) is 2. The summed E-state index contributed by atoms with van der Waals surface area (Å²) in [6.07, 6.45) is 3.31. The molecule has 2 unspecified atom stereocenters. The first-order valence-corrected chi connectivity index (χ1v) is 6.69. The smallest absolute Gasteiger partial charge is 0.0294 e. The van der Waals surface area contributed by atoms with Crippen molar-refractivity contribution in [3.8, 4) is 0 Å². The summed E-state index contributed by atoms with van der Waals surface area (Å²) in [5.74, 6) is 0. The molecule has 0 aliphatic heterocycles. The van der Waals surface area contributed by atoms with E-state index in [-0.39, 0.29) is 0 Å². The lowest BCUT2D eigenvalue weighted by molar-refractivity contribution is 0.504. The molecule has 0 spiro atoms. The first-order valence-electron chi connectivity index (χ1n) is 6.69. The van der Waals surface area contributed by atoms with E-state index in [0.717, 1.165) is 19.3 Å². The predicted octanol–water partition coefficient (Wildman–Crippen LogP) is 2.56. The van der Waals surface area contributed by atoms with Crippen LogP contribution in [0.5, 0.6) is 0 Å². The topological polar surface area (TPSA) is 38.0 Å². The third-order valence-corrected chi connectivity index (χ3v) is 3.58. The van der Waals surface area contributed by atoms with Crippen molar-refractivity contribution in [3.05, 3.63) is 34.9 Å². The molecule has 1 aliphatic carbocycles. The second-order valence-electron chi connectivity index (χ2n) is 5.57.